The zero-order valence-corrected chi connectivity index (χ0v) is 13.6. The minimum absolute atomic E-state index is 0.138. The van der Waals surface area contributed by atoms with Crippen LogP contribution in [0.15, 0.2) is 11.0 Å². The lowest BCUT2D eigenvalue weighted by atomic mass is 9.98. The molecule has 1 saturated heterocycles. The minimum atomic E-state index is -4.04. The van der Waals surface area contributed by atoms with Gasteiger partial charge in [-0.1, -0.05) is 12.2 Å². The molecule has 4 radical (unpaired) electrons. The lowest BCUT2D eigenvalue weighted by Crippen LogP contribution is -2.27. The van der Waals surface area contributed by atoms with Gasteiger partial charge in [0.15, 0.2) is 6.29 Å². The molecule has 0 aromatic carbocycles. The van der Waals surface area contributed by atoms with Crippen LogP contribution in [0, 0.1) is 4.64 Å². The van der Waals surface area contributed by atoms with E-state index in [2.05, 4.69) is 17.4 Å². The number of aldehydes is 1. The third kappa shape index (κ3) is 6.64. The molecule has 2 atom stereocenters. The van der Waals surface area contributed by atoms with Crippen LogP contribution in [0.25, 0.3) is 0 Å². The number of hydrogen-bond acceptors (Lipinski definition) is 8. The third-order valence-electron chi connectivity index (χ3n) is 2.71. The largest absolute Gasteiger partial charge is 0.566 e. The summed E-state index contributed by atoms with van der Waals surface area (Å²) in [6, 6.07) is -0.361. The zero-order chi connectivity index (χ0) is 17.6. The van der Waals surface area contributed by atoms with Gasteiger partial charge in [0, 0.05) is 12.2 Å². The van der Waals surface area contributed by atoms with E-state index in [-0.39, 0.29) is 16.2 Å². The molecule has 0 bridgehead atoms. The third-order valence-corrected chi connectivity index (χ3v) is 3.54. The van der Waals surface area contributed by atoms with Crippen molar-refractivity contribution in [1.82, 2.24) is 9.55 Å². The van der Waals surface area contributed by atoms with Crippen LogP contribution in [0.3, 0.4) is 0 Å². The summed E-state index contributed by atoms with van der Waals surface area (Å²) in [5.41, 5.74) is -0.131. The van der Waals surface area contributed by atoms with Crippen molar-refractivity contribution in [3.8, 4) is 0 Å². The Bertz CT molecular complexity index is 647. The maximum absolute atomic E-state index is 11.6. The SMILES string of the molecule is [B]CO[P+](O)(O)O.[B][C@@H]1CCC(n2cc(C=O)c(=S)[nH]c2=O)O1. The van der Waals surface area contributed by atoms with E-state index in [9.17, 15) is 9.59 Å². The molecule has 23 heavy (non-hydrogen) atoms. The first kappa shape index (κ1) is 20.2. The smallest absolute Gasteiger partial charge is 0.364 e. The number of aromatic nitrogens is 2. The van der Waals surface area contributed by atoms with E-state index in [1.54, 1.807) is 0 Å². The highest BCUT2D eigenvalue weighted by Crippen LogP contribution is 2.44. The molecule has 9 nitrogen and oxygen atoms in total. The zero-order valence-electron chi connectivity index (χ0n) is 11.9. The second kappa shape index (κ2) is 8.84. The number of aromatic amines is 1. The van der Waals surface area contributed by atoms with E-state index in [1.807, 2.05) is 0 Å². The summed E-state index contributed by atoms with van der Waals surface area (Å²) in [5.74, 6) is 0. The van der Waals surface area contributed by atoms with Gasteiger partial charge in [-0.2, -0.15) is 19.2 Å². The number of carbonyl (C=O) groups excluding carboxylic acids is 1. The second-order valence-corrected chi connectivity index (χ2v) is 6.08. The number of ether oxygens (including phenoxy) is 1. The van der Waals surface area contributed by atoms with Crippen LogP contribution in [-0.4, -0.2) is 58.7 Å². The van der Waals surface area contributed by atoms with Gasteiger partial charge in [0.1, 0.15) is 26.6 Å². The number of carbonyl (C=O) groups is 1. The van der Waals surface area contributed by atoms with Gasteiger partial charge in [-0.25, -0.2) is 4.79 Å². The van der Waals surface area contributed by atoms with Crippen LogP contribution in [0.1, 0.15) is 29.4 Å². The predicted molar refractivity (Wildman–Crippen MR) is 85.5 cm³/mol. The van der Waals surface area contributed by atoms with Gasteiger partial charge in [0.05, 0.1) is 12.1 Å². The second-order valence-electron chi connectivity index (χ2n) is 4.38. The normalized spacial score (nSPS) is 20.7. The van der Waals surface area contributed by atoms with Gasteiger partial charge in [0.2, 0.25) is 0 Å². The maximum Gasteiger partial charge on any atom is 0.566 e. The Hall–Kier alpha value is -0.870. The molecule has 1 unspecified atom stereocenters. The summed E-state index contributed by atoms with van der Waals surface area (Å²) in [4.78, 5) is 48.5. The molecule has 0 aliphatic carbocycles. The van der Waals surface area contributed by atoms with Crippen LogP contribution < -0.4 is 5.69 Å². The van der Waals surface area contributed by atoms with Gasteiger partial charge in [0.25, 0.3) is 0 Å². The molecule has 2 rings (SSSR count). The van der Waals surface area contributed by atoms with Crippen molar-refractivity contribution in [1.29, 1.82) is 0 Å². The van der Waals surface area contributed by atoms with Crippen LogP contribution in [0.2, 0.25) is 0 Å². The molecule has 1 aliphatic rings. The number of rotatable bonds is 4. The lowest BCUT2D eigenvalue weighted by Gasteiger charge is -2.14. The number of nitrogens with one attached hydrogen (secondary N) is 1. The summed E-state index contributed by atoms with van der Waals surface area (Å²) in [6.45, 7) is -0.392. The van der Waals surface area contributed by atoms with Crippen molar-refractivity contribution >= 4 is 42.4 Å². The van der Waals surface area contributed by atoms with Crippen LogP contribution in [0.5, 0.6) is 0 Å². The fourth-order valence-electron chi connectivity index (χ4n) is 1.75. The Morgan fingerprint density at radius 1 is 1.52 bits per heavy atom. The molecule has 1 fully saturated rings. The number of nitrogens with zero attached hydrogens (tertiary/aromatic N) is 1. The Morgan fingerprint density at radius 3 is 2.57 bits per heavy atom. The fraction of sp³-hybridized carbons (Fsp3) is 0.500. The van der Waals surface area contributed by atoms with E-state index in [0.717, 1.165) is 0 Å². The molecule has 1 aromatic rings. The standard InChI is InChI=1S/C9H9BN2O3S.CH5BO4P/c10-6-1-2-7(15-6)12-3-5(4-13)8(16)11-9(12)14;2-1-6-7(3,4)5/h3-4,6-7H,1-2H2,(H,11,14,16);3-5H,1H2/q;+1/t6-,7?;/m0./s1. The van der Waals surface area contributed by atoms with E-state index < -0.39 is 26.6 Å². The highest BCUT2D eigenvalue weighted by atomic mass is 32.1. The molecular formula is C10H14B2N2O7PS+. The molecule has 13 heteroatoms. The number of hydrogen-bond donors (Lipinski definition) is 4. The first-order valence-electron chi connectivity index (χ1n) is 6.31. The van der Waals surface area contributed by atoms with Crippen molar-refractivity contribution in [2.24, 2.45) is 0 Å². The minimum Gasteiger partial charge on any atom is -0.364 e. The van der Waals surface area contributed by atoms with Crippen LogP contribution >= 0.6 is 20.4 Å². The quantitative estimate of drug-likeness (QED) is 0.240. The van der Waals surface area contributed by atoms with Crippen molar-refractivity contribution in [3.63, 3.8) is 0 Å². The topological polar surface area (TPSA) is 134 Å². The van der Waals surface area contributed by atoms with Gasteiger partial charge in [-0.3, -0.25) is 14.3 Å². The maximum atomic E-state index is 11.6. The average molecular weight is 359 g/mol. The molecule has 1 aliphatic heterocycles. The van der Waals surface area contributed by atoms with Gasteiger partial charge >= 0.3 is 13.9 Å². The molecule has 4 N–H and O–H groups in total. The van der Waals surface area contributed by atoms with Gasteiger partial charge in [-0.05, 0) is 12.8 Å². The average Bonchev–Trinajstić information content (AvgIpc) is 2.85. The van der Waals surface area contributed by atoms with Crippen LogP contribution in [-0.2, 0) is 9.26 Å². The molecule has 2 heterocycles. The Labute approximate surface area is 139 Å². The van der Waals surface area contributed by atoms with E-state index in [1.165, 1.54) is 10.8 Å². The van der Waals surface area contributed by atoms with Gasteiger partial charge < -0.3 is 4.74 Å². The fourth-order valence-corrected chi connectivity index (χ4v) is 2.14. The van der Waals surface area contributed by atoms with Crippen molar-refractivity contribution < 1.29 is 28.7 Å². The van der Waals surface area contributed by atoms with Crippen molar-refractivity contribution in [2.75, 3.05) is 6.51 Å². The van der Waals surface area contributed by atoms with Gasteiger partial charge in [-0.15, -0.1) is 0 Å². The molecular weight excluding hydrogens is 345 g/mol. The highest BCUT2D eigenvalue weighted by Gasteiger charge is 2.31. The molecule has 0 saturated carbocycles. The summed E-state index contributed by atoms with van der Waals surface area (Å²) in [6.07, 6.45) is 2.90. The molecule has 0 spiro atoms. The van der Waals surface area contributed by atoms with Crippen molar-refractivity contribution in [3.05, 3.63) is 26.9 Å². The lowest BCUT2D eigenvalue weighted by molar-refractivity contribution is 0.0339. The summed E-state index contributed by atoms with van der Waals surface area (Å²) < 4.78 is 10.6. The van der Waals surface area contributed by atoms with E-state index in [0.29, 0.717) is 19.1 Å². The molecule has 1 aromatic heterocycles. The Morgan fingerprint density at radius 2 is 2.17 bits per heavy atom. The molecule has 122 valence electrons. The Balaban J connectivity index is 0.000000322. The summed E-state index contributed by atoms with van der Waals surface area (Å²) in [7, 11) is 6.17. The Kier molecular flexibility index (Phi) is 7.75. The van der Waals surface area contributed by atoms with E-state index in [4.69, 9.17) is 39.5 Å². The number of H-pyrrole nitrogens is 1. The van der Waals surface area contributed by atoms with Crippen LogP contribution in [0.4, 0.5) is 0 Å². The first-order chi connectivity index (χ1) is 10.7. The molecule has 0 amide bonds. The predicted octanol–water partition coefficient (Wildman–Crippen LogP) is -0.695. The summed E-state index contributed by atoms with van der Waals surface area (Å²) in [5, 5.41) is 0. The van der Waals surface area contributed by atoms with Crippen molar-refractivity contribution in [2.45, 2.75) is 25.1 Å². The van der Waals surface area contributed by atoms with E-state index >= 15 is 0 Å². The monoisotopic (exact) mass is 359 g/mol. The first-order valence-corrected chi connectivity index (χ1v) is 8.29. The highest BCUT2D eigenvalue weighted by molar-refractivity contribution is 7.71. The summed E-state index contributed by atoms with van der Waals surface area (Å²) >= 11 is 4.83.